The molecule has 1 aromatic rings. The SMILES string of the molecule is O=C1NCCCCC1NCCCCn1ccnc1. The minimum atomic E-state index is 0.0146. The molecule has 1 fully saturated rings. The van der Waals surface area contributed by atoms with Gasteiger partial charge in [0.2, 0.25) is 5.91 Å². The first-order valence-corrected chi connectivity index (χ1v) is 6.83. The van der Waals surface area contributed by atoms with E-state index in [-0.39, 0.29) is 11.9 Å². The van der Waals surface area contributed by atoms with Crippen molar-refractivity contribution in [3.63, 3.8) is 0 Å². The summed E-state index contributed by atoms with van der Waals surface area (Å²) in [4.78, 5) is 15.7. The summed E-state index contributed by atoms with van der Waals surface area (Å²) in [5.74, 6) is 0.169. The zero-order chi connectivity index (χ0) is 12.6. The monoisotopic (exact) mass is 250 g/mol. The quantitative estimate of drug-likeness (QED) is 0.738. The molecule has 1 aliphatic rings. The van der Waals surface area contributed by atoms with Crippen molar-refractivity contribution in [3.05, 3.63) is 18.7 Å². The molecule has 18 heavy (non-hydrogen) atoms. The molecule has 5 heteroatoms. The highest BCUT2D eigenvalue weighted by Gasteiger charge is 2.18. The summed E-state index contributed by atoms with van der Waals surface area (Å²) in [5, 5.41) is 6.30. The van der Waals surface area contributed by atoms with Crippen LogP contribution in [0.1, 0.15) is 32.1 Å². The van der Waals surface area contributed by atoms with Crippen molar-refractivity contribution in [1.82, 2.24) is 20.2 Å². The van der Waals surface area contributed by atoms with E-state index in [4.69, 9.17) is 0 Å². The maximum atomic E-state index is 11.7. The van der Waals surface area contributed by atoms with Crippen LogP contribution in [0.15, 0.2) is 18.7 Å². The molecule has 1 amide bonds. The van der Waals surface area contributed by atoms with Crippen LogP contribution >= 0.6 is 0 Å². The third-order valence-corrected chi connectivity index (χ3v) is 3.33. The Labute approximate surface area is 108 Å². The molecule has 0 saturated carbocycles. The predicted molar refractivity (Wildman–Crippen MR) is 70.1 cm³/mol. The Balaban J connectivity index is 1.58. The molecule has 2 N–H and O–H groups in total. The van der Waals surface area contributed by atoms with Crippen LogP contribution < -0.4 is 10.6 Å². The summed E-state index contributed by atoms with van der Waals surface area (Å²) in [7, 11) is 0. The van der Waals surface area contributed by atoms with Gasteiger partial charge in [0.15, 0.2) is 0 Å². The first-order chi connectivity index (χ1) is 8.86. The number of imidazole rings is 1. The fourth-order valence-electron chi connectivity index (χ4n) is 2.25. The van der Waals surface area contributed by atoms with E-state index in [2.05, 4.69) is 20.2 Å². The van der Waals surface area contributed by atoms with Gasteiger partial charge in [-0.25, -0.2) is 4.98 Å². The van der Waals surface area contributed by atoms with Crippen LogP contribution in [-0.4, -0.2) is 34.6 Å². The summed E-state index contributed by atoms with van der Waals surface area (Å²) < 4.78 is 2.08. The molecule has 2 heterocycles. The van der Waals surface area contributed by atoms with Gasteiger partial charge in [0.05, 0.1) is 12.4 Å². The Bertz CT molecular complexity index is 350. The van der Waals surface area contributed by atoms with Crippen LogP contribution in [0.3, 0.4) is 0 Å². The van der Waals surface area contributed by atoms with Crippen LogP contribution in [-0.2, 0) is 11.3 Å². The summed E-state index contributed by atoms with van der Waals surface area (Å²) in [5.41, 5.74) is 0. The number of nitrogens with zero attached hydrogens (tertiary/aromatic N) is 2. The number of rotatable bonds is 6. The highest BCUT2D eigenvalue weighted by atomic mass is 16.2. The second kappa shape index (κ2) is 7.16. The zero-order valence-corrected chi connectivity index (χ0v) is 10.8. The molecule has 2 rings (SSSR count). The van der Waals surface area contributed by atoms with Crippen molar-refractivity contribution in [2.24, 2.45) is 0 Å². The summed E-state index contributed by atoms with van der Waals surface area (Å²) >= 11 is 0. The third kappa shape index (κ3) is 4.14. The largest absolute Gasteiger partial charge is 0.355 e. The number of hydrogen-bond acceptors (Lipinski definition) is 3. The molecule has 0 bridgehead atoms. The molecule has 0 aliphatic carbocycles. The number of hydrogen-bond donors (Lipinski definition) is 2. The van der Waals surface area contributed by atoms with Crippen molar-refractivity contribution < 1.29 is 4.79 Å². The van der Waals surface area contributed by atoms with Gasteiger partial charge in [-0.2, -0.15) is 0 Å². The number of aryl methyl sites for hydroxylation is 1. The third-order valence-electron chi connectivity index (χ3n) is 3.33. The molecule has 100 valence electrons. The Hall–Kier alpha value is -1.36. The van der Waals surface area contributed by atoms with Gasteiger partial charge in [-0.1, -0.05) is 0 Å². The molecule has 1 saturated heterocycles. The number of carbonyl (C=O) groups is 1. The summed E-state index contributed by atoms with van der Waals surface area (Å²) in [6, 6.07) is 0.0146. The van der Waals surface area contributed by atoms with Crippen molar-refractivity contribution in [1.29, 1.82) is 0 Å². The van der Waals surface area contributed by atoms with Gasteiger partial charge in [0.25, 0.3) is 0 Å². The van der Waals surface area contributed by atoms with E-state index in [1.165, 1.54) is 0 Å². The lowest BCUT2D eigenvalue weighted by atomic mass is 10.1. The normalized spacial score (nSPS) is 20.4. The molecular formula is C13H22N4O. The van der Waals surface area contributed by atoms with E-state index in [1.807, 2.05) is 12.5 Å². The van der Waals surface area contributed by atoms with Crippen molar-refractivity contribution >= 4 is 5.91 Å². The second-order valence-electron chi connectivity index (χ2n) is 4.80. The van der Waals surface area contributed by atoms with E-state index in [0.29, 0.717) is 0 Å². The molecule has 0 spiro atoms. The van der Waals surface area contributed by atoms with E-state index < -0.39 is 0 Å². The number of amides is 1. The first kappa shape index (κ1) is 13.1. The molecule has 1 aromatic heterocycles. The number of unbranched alkanes of at least 4 members (excludes halogenated alkanes) is 1. The number of aromatic nitrogens is 2. The lowest BCUT2D eigenvalue weighted by Gasteiger charge is -2.14. The van der Waals surface area contributed by atoms with Crippen LogP contribution in [0.25, 0.3) is 0 Å². The Kier molecular flexibility index (Phi) is 5.20. The minimum Gasteiger partial charge on any atom is -0.355 e. The Morgan fingerprint density at radius 1 is 1.44 bits per heavy atom. The molecule has 1 unspecified atom stereocenters. The van der Waals surface area contributed by atoms with E-state index >= 15 is 0 Å². The standard InChI is InChI=1S/C13H22N4O/c18-13-12(5-1-2-7-16-13)15-6-3-4-9-17-10-8-14-11-17/h8,10-12,15H,1-7,9H2,(H,16,18). The number of nitrogens with one attached hydrogen (secondary N) is 2. The highest BCUT2D eigenvalue weighted by molar-refractivity contribution is 5.81. The van der Waals surface area contributed by atoms with Crippen molar-refractivity contribution in [2.45, 2.75) is 44.7 Å². The van der Waals surface area contributed by atoms with Gasteiger partial charge in [0.1, 0.15) is 0 Å². The molecule has 0 aromatic carbocycles. The van der Waals surface area contributed by atoms with Gasteiger partial charge >= 0.3 is 0 Å². The Morgan fingerprint density at radius 2 is 2.39 bits per heavy atom. The van der Waals surface area contributed by atoms with E-state index in [1.54, 1.807) is 6.20 Å². The fraction of sp³-hybridized carbons (Fsp3) is 0.692. The van der Waals surface area contributed by atoms with Gasteiger partial charge in [-0.15, -0.1) is 0 Å². The van der Waals surface area contributed by atoms with Gasteiger partial charge in [-0.05, 0) is 38.6 Å². The predicted octanol–water partition coefficient (Wildman–Crippen LogP) is 0.922. The molecule has 5 nitrogen and oxygen atoms in total. The second-order valence-corrected chi connectivity index (χ2v) is 4.80. The van der Waals surface area contributed by atoms with Crippen molar-refractivity contribution in [3.8, 4) is 0 Å². The van der Waals surface area contributed by atoms with Crippen LogP contribution in [0.5, 0.6) is 0 Å². The lowest BCUT2D eigenvalue weighted by Crippen LogP contribution is -2.43. The first-order valence-electron chi connectivity index (χ1n) is 6.83. The van der Waals surface area contributed by atoms with Gasteiger partial charge in [0, 0.05) is 25.5 Å². The average Bonchev–Trinajstić information content (AvgIpc) is 2.80. The van der Waals surface area contributed by atoms with Crippen LogP contribution in [0.4, 0.5) is 0 Å². The van der Waals surface area contributed by atoms with Gasteiger partial charge in [-0.3, -0.25) is 4.79 Å². The van der Waals surface area contributed by atoms with Crippen LogP contribution in [0, 0.1) is 0 Å². The van der Waals surface area contributed by atoms with E-state index in [0.717, 1.165) is 51.7 Å². The van der Waals surface area contributed by atoms with Gasteiger partial charge < -0.3 is 15.2 Å². The topological polar surface area (TPSA) is 59.0 Å². The molecule has 1 aliphatic heterocycles. The van der Waals surface area contributed by atoms with Crippen LogP contribution in [0.2, 0.25) is 0 Å². The average molecular weight is 250 g/mol. The highest BCUT2D eigenvalue weighted by Crippen LogP contribution is 2.05. The summed E-state index contributed by atoms with van der Waals surface area (Å²) in [6.45, 7) is 2.74. The van der Waals surface area contributed by atoms with Crippen molar-refractivity contribution in [2.75, 3.05) is 13.1 Å². The molecular weight excluding hydrogens is 228 g/mol. The minimum absolute atomic E-state index is 0.0146. The maximum Gasteiger partial charge on any atom is 0.237 e. The molecule has 1 atom stereocenters. The smallest absolute Gasteiger partial charge is 0.237 e. The molecule has 0 radical (unpaired) electrons. The maximum absolute atomic E-state index is 11.7. The zero-order valence-electron chi connectivity index (χ0n) is 10.8. The fourth-order valence-corrected chi connectivity index (χ4v) is 2.25. The summed E-state index contributed by atoms with van der Waals surface area (Å²) in [6.07, 6.45) is 11.0. The lowest BCUT2D eigenvalue weighted by molar-refractivity contribution is -0.122. The number of carbonyl (C=O) groups excluding carboxylic acids is 1. The van der Waals surface area contributed by atoms with E-state index in [9.17, 15) is 4.79 Å². The Morgan fingerprint density at radius 3 is 3.22 bits per heavy atom.